The number of nitrogens with zero attached hydrogens (tertiary/aromatic N) is 7. The molecular formula is C25H36N8. The summed E-state index contributed by atoms with van der Waals surface area (Å²) in [6.07, 6.45) is 4.27. The SMILES string of the molecule is CC(C)N1CCN(c2ccc(Nc3nc(N4CCCC4)nc4c3ncn4C(C)C)cc2)CC1. The van der Waals surface area contributed by atoms with Crippen molar-refractivity contribution in [3.63, 3.8) is 0 Å². The van der Waals surface area contributed by atoms with Gasteiger partial charge >= 0.3 is 0 Å². The van der Waals surface area contributed by atoms with Gasteiger partial charge in [-0.2, -0.15) is 9.97 Å². The lowest BCUT2D eigenvalue weighted by Crippen LogP contribution is -2.48. The Morgan fingerprint density at radius 2 is 1.48 bits per heavy atom. The lowest BCUT2D eigenvalue weighted by Gasteiger charge is -2.38. The molecule has 2 aliphatic rings. The third-order valence-corrected chi connectivity index (χ3v) is 6.89. The predicted molar refractivity (Wildman–Crippen MR) is 136 cm³/mol. The summed E-state index contributed by atoms with van der Waals surface area (Å²) in [5, 5.41) is 3.53. The Bertz CT molecular complexity index is 1070. The molecule has 2 saturated heterocycles. The monoisotopic (exact) mass is 448 g/mol. The van der Waals surface area contributed by atoms with E-state index in [1.54, 1.807) is 0 Å². The zero-order valence-electron chi connectivity index (χ0n) is 20.3. The van der Waals surface area contributed by atoms with Crippen molar-refractivity contribution < 1.29 is 0 Å². The van der Waals surface area contributed by atoms with Gasteiger partial charge < -0.3 is 19.7 Å². The molecule has 5 rings (SSSR count). The highest BCUT2D eigenvalue weighted by Crippen LogP contribution is 2.29. The molecule has 1 N–H and O–H groups in total. The van der Waals surface area contributed by atoms with Crippen molar-refractivity contribution in [3.8, 4) is 0 Å². The van der Waals surface area contributed by atoms with Crippen molar-refractivity contribution >= 4 is 34.3 Å². The van der Waals surface area contributed by atoms with Crippen LogP contribution in [0.15, 0.2) is 30.6 Å². The molecule has 0 amide bonds. The van der Waals surface area contributed by atoms with Gasteiger partial charge in [0.15, 0.2) is 17.0 Å². The number of benzene rings is 1. The van der Waals surface area contributed by atoms with Crippen LogP contribution in [0.25, 0.3) is 11.2 Å². The summed E-state index contributed by atoms with van der Waals surface area (Å²) in [7, 11) is 0. The van der Waals surface area contributed by atoms with Crippen molar-refractivity contribution in [1.82, 2.24) is 24.4 Å². The van der Waals surface area contributed by atoms with E-state index in [9.17, 15) is 0 Å². The van der Waals surface area contributed by atoms with Crippen LogP contribution in [0.4, 0.5) is 23.1 Å². The number of aromatic nitrogens is 4. The summed E-state index contributed by atoms with van der Waals surface area (Å²) in [6, 6.07) is 9.62. The maximum absolute atomic E-state index is 4.90. The minimum atomic E-state index is 0.291. The van der Waals surface area contributed by atoms with E-state index in [0.29, 0.717) is 12.1 Å². The van der Waals surface area contributed by atoms with E-state index in [-0.39, 0.29) is 0 Å². The topological polar surface area (TPSA) is 65.3 Å². The van der Waals surface area contributed by atoms with Crippen LogP contribution in [0, 0.1) is 0 Å². The van der Waals surface area contributed by atoms with Crippen LogP contribution < -0.4 is 15.1 Å². The lowest BCUT2D eigenvalue weighted by molar-refractivity contribution is 0.209. The smallest absolute Gasteiger partial charge is 0.229 e. The first-order valence-corrected chi connectivity index (χ1v) is 12.3. The molecular weight excluding hydrogens is 412 g/mol. The molecule has 0 unspecified atom stereocenters. The number of nitrogens with one attached hydrogen (secondary N) is 1. The third-order valence-electron chi connectivity index (χ3n) is 6.89. The maximum atomic E-state index is 4.90. The first-order valence-electron chi connectivity index (χ1n) is 12.3. The molecule has 3 aromatic rings. The van der Waals surface area contributed by atoms with Gasteiger partial charge in [0.25, 0.3) is 0 Å². The van der Waals surface area contributed by atoms with Crippen molar-refractivity contribution in [2.75, 3.05) is 54.4 Å². The summed E-state index contributed by atoms with van der Waals surface area (Å²) in [6.45, 7) is 15.3. The molecule has 8 heteroatoms. The first-order chi connectivity index (χ1) is 16.0. The summed E-state index contributed by atoms with van der Waals surface area (Å²) >= 11 is 0. The fourth-order valence-corrected chi connectivity index (χ4v) is 4.82. The van der Waals surface area contributed by atoms with Gasteiger partial charge in [0, 0.05) is 62.7 Å². The second-order valence-electron chi connectivity index (χ2n) is 9.77. The molecule has 0 spiro atoms. The standard InChI is InChI=1S/C25H36N8/c1-18(2)30-13-15-31(16-14-30)21-9-7-20(8-10-21)27-23-22-24(33(17-26-22)19(3)4)29-25(28-23)32-11-5-6-12-32/h7-10,17-19H,5-6,11-16H2,1-4H3,(H,27,28,29). The first kappa shape index (κ1) is 21.9. The summed E-state index contributed by atoms with van der Waals surface area (Å²) in [4.78, 5) is 21.8. The third kappa shape index (κ3) is 4.49. The van der Waals surface area contributed by atoms with Crippen molar-refractivity contribution in [3.05, 3.63) is 30.6 Å². The van der Waals surface area contributed by atoms with Gasteiger partial charge in [-0.3, -0.25) is 4.90 Å². The van der Waals surface area contributed by atoms with Gasteiger partial charge in [0.05, 0.1) is 6.33 Å². The molecule has 0 saturated carbocycles. The fraction of sp³-hybridized carbons (Fsp3) is 0.560. The van der Waals surface area contributed by atoms with Crippen LogP contribution >= 0.6 is 0 Å². The Kier molecular flexibility index (Phi) is 6.10. The van der Waals surface area contributed by atoms with Crippen LogP contribution in [0.5, 0.6) is 0 Å². The van der Waals surface area contributed by atoms with E-state index in [2.05, 4.69) is 81.5 Å². The molecule has 0 aliphatic carbocycles. The second kappa shape index (κ2) is 9.17. The second-order valence-corrected chi connectivity index (χ2v) is 9.77. The molecule has 2 aromatic heterocycles. The van der Waals surface area contributed by atoms with E-state index in [1.165, 1.54) is 18.5 Å². The summed E-state index contributed by atoms with van der Waals surface area (Å²) < 4.78 is 2.13. The Morgan fingerprint density at radius 1 is 0.788 bits per heavy atom. The number of hydrogen-bond donors (Lipinski definition) is 1. The zero-order valence-corrected chi connectivity index (χ0v) is 20.3. The fourth-order valence-electron chi connectivity index (χ4n) is 4.82. The van der Waals surface area contributed by atoms with Gasteiger partial charge in [-0.15, -0.1) is 0 Å². The van der Waals surface area contributed by atoms with E-state index in [1.807, 2.05) is 6.33 Å². The minimum absolute atomic E-state index is 0.291. The van der Waals surface area contributed by atoms with Gasteiger partial charge in [-0.25, -0.2) is 4.98 Å². The lowest BCUT2D eigenvalue weighted by atomic mass is 10.2. The van der Waals surface area contributed by atoms with E-state index >= 15 is 0 Å². The maximum Gasteiger partial charge on any atom is 0.229 e. The Labute approximate surface area is 196 Å². The van der Waals surface area contributed by atoms with Gasteiger partial charge in [-0.1, -0.05) is 0 Å². The average molecular weight is 449 g/mol. The van der Waals surface area contributed by atoms with Crippen LogP contribution in [-0.2, 0) is 0 Å². The number of rotatable bonds is 6. The van der Waals surface area contributed by atoms with Gasteiger partial charge in [0.2, 0.25) is 5.95 Å². The average Bonchev–Trinajstić information content (AvgIpc) is 3.50. The molecule has 2 aliphatic heterocycles. The number of anilines is 4. The van der Waals surface area contributed by atoms with Crippen molar-refractivity contribution in [2.45, 2.75) is 52.6 Å². The molecule has 8 nitrogen and oxygen atoms in total. The Morgan fingerprint density at radius 3 is 2.12 bits per heavy atom. The van der Waals surface area contributed by atoms with Crippen LogP contribution in [0.2, 0.25) is 0 Å². The summed E-state index contributed by atoms with van der Waals surface area (Å²) in [5.74, 6) is 1.57. The Hall–Kier alpha value is -2.87. The van der Waals surface area contributed by atoms with Crippen LogP contribution in [0.3, 0.4) is 0 Å². The highest BCUT2D eigenvalue weighted by Gasteiger charge is 2.21. The normalized spacial score (nSPS) is 17.6. The molecule has 4 heterocycles. The molecule has 1 aromatic carbocycles. The van der Waals surface area contributed by atoms with E-state index in [0.717, 1.165) is 67.9 Å². The molecule has 176 valence electrons. The number of imidazole rings is 1. The number of fused-ring (bicyclic) bond motifs is 1. The number of hydrogen-bond acceptors (Lipinski definition) is 7. The molecule has 0 atom stereocenters. The van der Waals surface area contributed by atoms with E-state index < -0.39 is 0 Å². The summed E-state index contributed by atoms with van der Waals surface area (Å²) in [5.41, 5.74) is 4.01. The minimum Gasteiger partial charge on any atom is -0.369 e. The van der Waals surface area contributed by atoms with E-state index in [4.69, 9.17) is 9.97 Å². The highest BCUT2D eigenvalue weighted by molar-refractivity contribution is 5.87. The van der Waals surface area contributed by atoms with Crippen LogP contribution in [0.1, 0.15) is 46.6 Å². The highest BCUT2D eigenvalue weighted by atomic mass is 15.3. The quantitative estimate of drug-likeness (QED) is 0.604. The predicted octanol–water partition coefficient (Wildman–Crippen LogP) is 4.28. The molecule has 33 heavy (non-hydrogen) atoms. The van der Waals surface area contributed by atoms with Crippen LogP contribution in [-0.4, -0.2) is 69.7 Å². The van der Waals surface area contributed by atoms with Gasteiger partial charge in [-0.05, 0) is 64.8 Å². The van der Waals surface area contributed by atoms with Gasteiger partial charge in [0.1, 0.15) is 0 Å². The molecule has 2 fully saturated rings. The number of piperazine rings is 1. The van der Waals surface area contributed by atoms with Crippen molar-refractivity contribution in [2.24, 2.45) is 0 Å². The van der Waals surface area contributed by atoms with Crippen molar-refractivity contribution in [1.29, 1.82) is 0 Å². The molecule has 0 radical (unpaired) electrons. The Balaban J connectivity index is 1.38. The largest absolute Gasteiger partial charge is 0.369 e. The zero-order chi connectivity index (χ0) is 22.9. The molecule has 0 bridgehead atoms.